The number of urea groups is 1. The Bertz CT molecular complexity index is 1360. The maximum Gasteiger partial charge on any atom is 0.323 e. The summed E-state index contributed by atoms with van der Waals surface area (Å²) in [5.41, 5.74) is 3.28. The highest BCUT2D eigenvalue weighted by Crippen LogP contribution is 2.33. The molecule has 0 saturated carbocycles. The van der Waals surface area contributed by atoms with Gasteiger partial charge in [-0.25, -0.2) is 14.2 Å². The number of hydrogen-bond acceptors (Lipinski definition) is 7. The number of carbonyl (C=O) groups is 1. The molecule has 0 spiro atoms. The fourth-order valence-corrected chi connectivity index (χ4v) is 4.60. The largest absolute Gasteiger partial charge is 0.381 e. The summed E-state index contributed by atoms with van der Waals surface area (Å²) < 4.78 is 18.9. The molecule has 1 aliphatic rings. The molecule has 0 aliphatic carbocycles. The Morgan fingerprint density at radius 3 is 2.50 bits per heavy atom. The molecule has 3 heterocycles. The average Bonchev–Trinajstić information content (AvgIpc) is 3.48. The Morgan fingerprint density at radius 2 is 1.79 bits per heavy atom. The number of carbonyl (C=O) groups excluding carboxylic acids is 1. The molecular formula is C27H29FN8O2. The Labute approximate surface area is 219 Å². The van der Waals surface area contributed by atoms with Crippen molar-refractivity contribution in [3.63, 3.8) is 0 Å². The molecule has 5 rings (SSSR count). The van der Waals surface area contributed by atoms with Gasteiger partial charge >= 0.3 is 6.03 Å². The minimum atomic E-state index is -0.445. The molecule has 2 aromatic heterocycles. The molecule has 1 fully saturated rings. The van der Waals surface area contributed by atoms with Crippen molar-refractivity contribution in [2.45, 2.75) is 32.2 Å². The zero-order chi connectivity index (χ0) is 26.3. The highest BCUT2D eigenvalue weighted by Gasteiger charge is 2.24. The van der Waals surface area contributed by atoms with E-state index in [0.29, 0.717) is 36.1 Å². The van der Waals surface area contributed by atoms with Gasteiger partial charge in [-0.15, -0.1) is 10.2 Å². The summed E-state index contributed by atoms with van der Waals surface area (Å²) in [6, 6.07) is 16.8. The van der Waals surface area contributed by atoms with Gasteiger partial charge in [-0.2, -0.15) is 5.21 Å². The number of nitrogens with one attached hydrogen (secondary N) is 3. The van der Waals surface area contributed by atoms with Crippen LogP contribution in [0.2, 0.25) is 0 Å². The van der Waals surface area contributed by atoms with Crippen LogP contribution in [0.3, 0.4) is 0 Å². The predicted octanol–water partition coefficient (Wildman–Crippen LogP) is 5.11. The molecule has 4 aromatic rings. The van der Waals surface area contributed by atoms with E-state index < -0.39 is 6.03 Å². The lowest BCUT2D eigenvalue weighted by atomic mass is 10.0. The molecule has 3 N–H and O–H groups in total. The Hall–Kier alpha value is -4.38. The number of hydrogen-bond donors (Lipinski definition) is 3. The smallest absolute Gasteiger partial charge is 0.323 e. The van der Waals surface area contributed by atoms with Crippen LogP contribution in [0.5, 0.6) is 0 Å². The quantitative estimate of drug-likeness (QED) is 0.298. The van der Waals surface area contributed by atoms with Crippen molar-refractivity contribution in [2.24, 2.45) is 0 Å². The Balaban J connectivity index is 1.53. The van der Waals surface area contributed by atoms with Gasteiger partial charge in [0.05, 0.1) is 5.69 Å². The first-order valence-corrected chi connectivity index (χ1v) is 12.6. The van der Waals surface area contributed by atoms with E-state index in [2.05, 4.69) is 43.1 Å². The van der Waals surface area contributed by atoms with Crippen molar-refractivity contribution in [1.29, 1.82) is 0 Å². The summed E-state index contributed by atoms with van der Waals surface area (Å²) in [4.78, 5) is 20.2. The fraction of sp³-hybridized carbons (Fsp3) is 0.296. The lowest BCUT2D eigenvalue weighted by molar-refractivity contribution is 0.0843. The van der Waals surface area contributed by atoms with Crippen LogP contribution in [-0.2, 0) is 4.74 Å². The maximum atomic E-state index is 13.3. The lowest BCUT2D eigenvalue weighted by Crippen LogP contribution is -2.40. The van der Waals surface area contributed by atoms with Crippen molar-refractivity contribution in [1.82, 2.24) is 25.6 Å². The zero-order valence-electron chi connectivity index (χ0n) is 21.0. The molecule has 0 atom stereocenters. The third-order valence-corrected chi connectivity index (χ3v) is 6.35. The summed E-state index contributed by atoms with van der Waals surface area (Å²) in [5, 5.41) is 20.2. The molecule has 2 amide bonds. The van der Waals surface area contributed by atoms with E-state index >= 15 is 0 Å². The number of rotatable bonds is 8. The molecule has 0 radical (unpaired) electrons. The van der Waals surface area contributed by atoms with Crippen LogP contribution >= 0.6 is 0 Å². The second-order valence-electron chi connectivity index (χ2n) is 9.00. The number of ether oxygens (including phenoxy) is 1. The van der Waals surface area contributed by atoms with Gasteiger partial charge in [0.2, 0.25) is 5.82 Å². The number of anilines is 3. The van der Waals surface area contributed by atoms with Crippen LogP contribution in [-0.4, -0.2) is 57.4 Å². The summed E-state index contributed by atoms with van der Waals surface area (Å²) in [5.74, 6) is 0.839. The van der Waals surface area contributed by atoms with Crippen LogP contribution in [0.15, 0.2) is 60.7 Å². The average molecular weight is 517 g/mol. The third kappa shape index (κ3) is 5.94. The van der Waals surface area contributed by atoms with E-state index in [0.717, 1.165) is 42.8 Å². The summed E-state index contributed by atoms with van der Waals surface area (Å²) in [6.45, 7) is 4.36. The van der Waals surface area contributed by atoms with E-state index in [9.17, 15) is 9.18 Å². The van der Waals surface area contributed by atoms with E-state index in [-0.39, 0.29) is 11.9 Å². The van der Waals surface area contributed by atoms with Gasteiger partial charge in [0.25, 0.3) is 0 Å². The van der Waals surface area contributed by atoms with E-state index in [1.165, 1.54) is 24.3 Å². The number of aromatic nitrogens is 5. The van der Waals surface area contributed by atoms with Crippen molar-refractivity contribution < 1.29 is 13.9 Å². The Morgan fingerprint density at radius 1 is 1.05 bits per heavy atom. The number of aromatic amines is 1. The lowest BCUT2D eigenvalue weighted by Gasteiger charge is -2.35. The topological polar surface area (TPSA) is 121 Å². The van der Waals surface area contributed by atoms with Crippen LogP contribution < -0.4 is 15.5 Å². The summed E-state index contributed by atoms with van der Waals surface area (Å²) >= 11 is 0. The predicted molar refractivity (Wildman–Crippen MR) is 143 cm³/mol. The molecule has 2 aromatic carbocycles. The van der Waals surface area contributed by atoms with E-state index in [4.69, 9.17) is 9.72 Å². The molecule has 38 heavy (non-hydrogen) atoms. The monoisotopic (exact) mass is 516 g/mol. The Kier molecular flexibility index (Phi) is 7.84. The standard InChI is InChI=1S/C27H29FN8O2/c1-2-13-36(21-11-14-38-15-12-21)25-17-20(30-27(37)29-19-9-7-18(28)8-10-19)16-24(31-25)22-5-3-4-6-23(22)26-32-34-35-33-26/h3-10,16-17,21H,2,11-15H2,1H3,(H2,29,30,31,37)(H,32,33,34,35). The molecule has 11 heteroatoms. The number of amides is 2. The van der Waals surface area contributed by atoms with Crippen LogP contribution in [0.4, 0.5) is 26.4 Å². The molecular weight excluding hydrogens is 487 g/mol. The number of H-pyrrole nitrogens is 1. The molecule has 1 saturated heterocycles. The van der Waals surface area contributed by atoms with E-state index in [1.54, 1.807) is 0 Å². The second-order valence-corrected chi connectivity index (χ2v) is 9.00. The van der Waals surface area contributed by atoms with Crippen LogP contribution in [0.1, 0.15) is 26.2 Å². The highest BCUT2D eigenvalue weighted by molar-refractivity contribution is 6.00. The number of halogens is 1. The zero-order valence-corrected chi connectivity index (χ0v) is 21.0. The first kappa shape index (κ1) is 25.3. The highest BCUT2D eigenvalue weighted by atomic mass is 19.1. The number of pyridine rings is 1. The van der Waals surface area contributed by atoms with Gasteiger partial charge < -0.3 is 20.3 Å². The van der Waals surface area contributed by atoms with E-state index in [1.807, 2.05) is 36.4 Å². The normalized spacial score (nSPS) is 13.7. The molecule has 196 valence electrons. The van der Waals surface area contributed by atoms with Crippen molar-refractivity contribution in [3.8, 4) is 22.6 Å². The number of benzene rings is 2. The second kappa shape index (κ2) is 11.8. The van der Waals surface area contributed by atoms with Gasteiger partial charge in [0, 0.05) is 54.4 Å². The van der Waals surface area contributed by atoms with Gasteiger partial charge in [0.1, 0.15) is 11.6 Å². The molecule has 10 nitrogen and oxygen atoms in total. The summed E-state index contributed by atoms with van der Waals surface area (Å²) in [7, 11) is 0. The maximum absolute atomic E-state index is 13.3. The first-order chi connectivity index (χ1) is 18.6. The van der Waals surface area contributed by atoms with Crippen molar-refractivity contribution in [2.75, 3.05) is 35.3 Å². The van der Waals surface area contributed by atoms with Crippen LogP contribution in [0.25, 0.3) is 22.6 Å². The fourth-order valence-electron chi connectivity index (χ4n) is 4.60. The van der Waals surface area contributed by atoms with Crippen molar-refractivity contribution >= 4 is 23.2 Å². The number of nitrogens with zero attached hydrogens (tertiary/aromatic N) is 5. The van der Waals surface area contributed by atoms with Gasteiger partial charge in [-0.05, 0) is 54.8 Å². The molecule has 1 aliphatic heterocycles. The first-order valence-electron chi connectivity index (χ1n) is 12.6. The SMILES string of the molecule is CCCN(c1cc(NC(=O)Nc2ccc(F)cc2)cc(-c2ccccc2-c2nn[nH]n2)n1)C1CCOCC1. The third-order valence-electron chi connectivity index (χ3n) is 6.35. The van der Waals surface area contributed by atoms with Gasteiger partial charge in [-0.1, -0.05) is 31.2 Å². The molecule has 0 unspecified atom stereocenters. The number of tetrazole rings is 1. The molecule has 0 bridgehead atoms. The van der Waals surface area contributed by atoms with Gasteiger partial charge in [0.15, 0.2) is 0 Å². The minimum absolute atomic E-state index is 0.278. The van der Waals surface area contributed by atoms with Crippen molar-refractivity contribution in [3.05, 3.63) is 66.5 Å². The van der Waals surface area contributed by atoms with Gasteiger partial charge in [-0.3, -0.25) is 0 Å². The van der Waals surface area contributed by atoms with Crippen LogP contribution in [0, 0.1) is 5.82 Å². The summed E-state index contributed by atoms with van der Waals surface area (Å²) in [6.07, 6.45) is 2.74. The minimum Gasteiger partial charge on any atom is -0.381 e.